The number of carbonyl (C=O) groups excluding carboxylic acids is 1. The third kappa shape index (κ3) is 3.97. The molecule has 0 bridgehead atoms. The lowest BCUT2D eigenvalue weighted by atomic mass is 10.2. The maximum Gasteiger partial charge on any atom is 0.300 e. The molecule has 2 aromatic rings. The number of aryl methyl sites for hydroxylation is 1. The van der Waals surface area contributed by atoms with E-state index in [-0.39, 0.29) is 5.91 Å². The predicted molar refractivity (Wildman–Crippen MR) is 80.8 cm³/mol. The third-order valence-corrected chi connectivity index (χ3v) is 3.04. The number of hydrogen-bond acceptors (Lipinski definition) is 1. The van der Waals surface area contributed by atoms with E-state index in [0.717, 1.165) is 21.3 Å². The topological polar surface area (TPSA) is 29.1 Å². The van der Waals surface area contributed by atoms with Gasteiger partial charge in [-0.2, -0.15) is 0 Å². The van der Waals surface area contributed by atoms with Gasteiger partial charge in [-0.15, -0.1) is 0 Å². The zero-order valence-corrected chi connectivity index (χ0v) is 12.0. The Kier molecular flexibility index (Phi) is 4.38. The number of rotatable bonds is 1. The molecule has 1 N–H and O–H groups in total. The van der Waals surface area contributed by atoms with Gasteiger partial charge in [0.2, 0.25) is 0 Å². The monoisotopic (exact) mass is 313 g/mol. The summed E-state index contributed by atoms with van der Waals surface area (Å²) in [4.78, 5) is 11.7. The molecule has 0 atom stereocenters. The smallest absolute Gasteiger partial charge is 0.300 e. The molecule has 3 heteroatoms. The van der Waals surface area contributed by atoms with Crippen LogP contribution in [0.4, 0.5) is 5.69 Å². The summed E-state index contributed by atoms with van der Waals surface area (Å²) in [6.45, 7) is 1.94. The maximum atomic E-state index is 11.7. The van der Waals surface area contributed by atoms with Crippen LogP contribution in [0.5, 0.6) is 0 Å². The van der Waals surface area contributed by atoms with Gasteiger partial charge in [-0.05, 0) is 36.8 Å². The summed E-state index contributed by atoms with van der Waals surface area (Å²) in [5.41, 5.74) is 2.59. The first kappa shape index (κ1) is 13.4. The van der Waals surface area contributed by atoms with Crippen molar-refractivity contribution in [1.82, 2.24) is 0 Å². The van der Waals surface area contributed by atoms with Crippen molar-refractivity contribution in [1.29, 1.82) is 0 Å². The Hall–Kier alpha value is -2.05. The molecule has 0 heterocycles. The fourth-order valence-electron chi connectivity index (χ4n) is 1.53. The van der Waals surface area contributed by atoms with Crippen molar-refractivity contribution in [3.05, 3.63) is 64.1 Å². The Balaban J connectivity index is 2.10. The molecule has 94 valence electrons. The SMILES string of the molecule is Cc1ccc(Br)cc1NC(=O)C#Cc1ccccc1. The Labute approximate surface area is 121 Å². The fourth-order valence-corrected chi connectivity index (χ4v) is 1.89. The van der Waals surface area contributed by atoms with Gasteiger partial charge in [0.05, 0.1) is 0 Å². The number of carbonyl (C=O) groups is 1. The minimum atomic E-state index is -0.315. The Morgan fingerprint density at radius 1 is 1.16 bits per heavy atom. The van der Waals surface area contributed by atoms with Crippen LogP contribution in [-0.2, 0) is 4.79 Å². The van der Waals surface area contributed by atoms with Crippen LogP contribution < -0.4 is 5.32 Å². The third-order valence-electron chi connectivity index (χ3n) is 2.54. The van der Waals surface area contributed by atoms with E-state index in [9.17, 15) is 4.79 Å². The van der Waals surface area contributed by atoms with Gasteiger partial charge in [0, 0.05) is 21.6 Å². The van der Waals surface area contributed by atoms with Crippen molar-refractivity contribution >= 4 is 27.5 Å². The van der Waals surface area contributed by atoms with E-state index in [1.165, 1.54) is 0 Å². The van der Waals surface area contributed by atoms with Crippen molar-refractivity contribution in [3.8, 4) is 11.8 Å². The van der Waals surface area contributed by atoms with Crippen LogP contribution >= 0.6 is 15.9 Å². The minimum absolute atomic E-state index is 0.315. The zero-order valence-electron chi connectivity index (χ0n) is 10.4. The van der Waals surface area contributed by atoms with Crippen molar-refractivity contribution in [2.75, 3.05) is 5.32 Å². The molecular weight excluding hydrogens is 302 g/mol. The molecule has 0 aromatic heterocycles. The first-order valence-electron chi connectivity index (χ1n) is 5.79. The molecule has 0 aliphatic heterocycles. The lowest BCUT2D eigenvalue weighted by molar-refractivity contribution is -0.111. The van der Waals surface area contributed by atoms with Crippen molar-refractivity contribution in [3.63, 3.8) is 0 Å². The highest BCUT2D eigenvalue weighted by Crippen LogP contribution is 2.20. The molecule has 19 heavy (non-hydrogen) atoms. The summed E-state index contributed by atoms with van der Waals surface area (Å²) in [6.07, 6.45) is 0. The zero-order chi connectivity index (χ0) is 13.7. The largest absolute Gasteiger partial charge is 0.315 e. The van der Waals surface area contributed by atoms with E-state index in [4.69, 9.17) is 0 Å². The molecule has 0 unspecified atom stereocenters. The molecule has 0 saturated heterocycles. The number of halogens is 1. The summed E-state index contributed by atoms with van der Waals surface area (Å²) in [5, 5.41) is 2.78. The number of nitrogens with one attached hydrogen (secondary N) is 1. The van der Waals surface area contributed by atoms with Crippen LogP contribution in [-0.4, -0.2) is 5.91 Å². The van der Waals surface area contributed by atoms with Crippen molar-refractivity contribution in [2.45, 2.75) is 6.92 Å². The molecule has 0 fully saturated rings. The molecule has 0 saturated carbocycles. The average Bonchev–Trinajstić information content (AvgIpc) is 2.42. The lowest BCUT2D eigenvalue weighted by Crippen LogP contribution is -2.09. The number of amides is 1. The van der Waals surface area contributed by atoms with Gasteiger partial charge >= 0.3 is 5.91 Å². The highest BCUT2D eigenvalue weighted by molar-refractivity contribution is 9.10. The van der Waals surface area contributed by atoms with Crippen LogP contribution in [0.2, 0.25) is 0 Å². The van der Waals surface area contributed by atoms with E-state index in [1.807, 2.05) is 55.5 Å². The van der Waals surface area contributed by atoms with E-state index in [2.05, 4.69) is 33.1 Å². The summed E-state index contributed by atoms with van der Waals surface area (Å²) in [7, 11) is 0. The van der Waals surface area contributed by atoms with Crippen LogP contribution in [0.3, 0.4) is 0 Å². The number of anilines is 1. The first-order valence-corrected chi connectivity index (χ1v) is 6.58. The van der Waals surface area contributed by atoms with Crippen LogP contribution in [0, 0.1) is 18.8 Å². The van der Waals surface area contributed by atoms with Crippen LogP contribution in [0.1, 0.15) is 11.1 Å². The summed E-state index contributed by atoms with van der Waals surface area (Å²) in [5.74, 6) is 5.09. The van der Waals surface area contributed by atoms with Gasteiger partial charge < -0.3 is 5.32 Å². The van der Waals surface area contributed by atoms with Gasteiger partial charge in [-0.1, -0.05) is 46.1 Å². The van der Waals surface area contributed by atoms with Gasteiger partial charge in [0.25, 0.3) is 0 Å². The Bertz CT molecular complexity index is 653. The lowest BCUT2D eigenvalue weighted by Gasteiger charge is -2.05. The van der Waals surface area contributed by atoms with Gasteiger partial charge in [-0.3, -0.25) is 4.79 Å². The van der Waals surface area contributed by atoms with E-state index < -0.39 is 0 Å². The van der Waals surface area contributed by atoms with Crippen molar-refractivity contribution < 1.29 is 4.79 Å². The predicted octanol–water partition coefficient (Wildman–Crippen LogP) is 3.75. The van der Waals surface area contributed by atoms with Crippen molar-refractivity contribution in [2.24, 2.45) is 0 Å². The highest BCUT2D eigenvalue weighted by Gasteiger charge is 2.02. The molecule has 0 spiro atoms. The number of hydrogen-bond donors (Lipinski definition) is 1. The molecule has 0 aliphatic carbocycles. The normalized spacial score (nSPS) is 9.37. The highest BCUT2D eigenvalue weighted by atomic mass is 79.9. The fraction of sp³-hybridized carbons (Fsp3) is 0.0625. The summed E-state index contributed by atoms with van der Waals surface area (Å²) < 4.78 is 0.921. The van der Waals surface area contributed by atoms with Crippen LogP contribution in [0.15, 0.2) is 53.0 Å². The Morgan fingerprint density at radius 2 is 1.89 bits per heavy atom. The molecule has 2 rings (SSSR count). The molecule has 0 aliphatic rings. The first-order chi connectivity index (χ1) is 9.15. The molecule has 2 nitrogen and oxygen atoms in total. The summed E-state index contributed by atoms with van der Waals surface area (Å²) in [6, 6.07) is 15.1. The second kappa shape index (κ2) is 6.21. The van der Waals surface area contributed by atoms with Gasteiger partial charge in [0.1, 0.15) is 0 Å². The standard InChI is InChI=1S/C16H12BrNO/c1-12-7-9-14(17)11-15(12)18-16(19)10-8-13-5-3-2-4-6-13/h2-7,9,11H,1H3,(H,18,19). The Morgan fingerprint density at radius 3 is 2.63 bits per heavy atom. The van der Waals surface area contributed by atoms with E-state index >= 15 is 0 Å². The minimum Gasteiger partial charge on any atom is -0.315 e. The average molecular weight is 314 g/mol. The van der Waals surface area contributed by atoms with Gasteiger partial charge in [-0.25, -0.2) is 0 Å². The second-order valence-electron chi connectivity index (χ2n) is 4.03. The van der Waals surface area contributed by atoms with Crippen LogP contribution in [0.25, 0.3) is 0 Å². The molecule has 0 radical (unpaired) electrons. The van der Waals surface area contributed by atoms with E-state index in [1.54, 1.807) is 0 Å². The molecule has 1 amide bonds. The quantitative estimate of drug-likeness (QED) is 0.798. The molecule has 2 aromatic carbocycles. The summed E-state index contributed by atoms with van der Waals surface area (Å²) >= 11 is 3.37. The second-order valence-corrected chi connectivity index (χ2v) is 4.95. The molecular formula is C16H12BrNO. The van der Waals surface area contributed by atoms with Gasteiger partial charge in [0.15, 0.2) is 0 Å². The van der Waals surface area contributed by atoms with E-state index in [0.29, 0.717) is 0 Å². The maximum absolute atomic E-state index is 11.7. The number of benzene rings is 2.